The van der Waals surface area contributed by atoms with Crippen LogP contribution in [0.4, 0.5) is 0 Å². The van der Waals surface area contributed by atoms with Crippen LogP contribution in [0.5, 0.6) is 0 Å². The number of carbonyl (C=O) groups excluding carboxylic acids is 3. The first-order valence-electron chi connectivity index (χ1n) is 25.9. The van der Waals surface area contributed by atoms with Crippen molar-refractivity contribution in [1.82, 2.24) is 0 Å². The lowest BCUT2D eigenvalue weighted by molar-refractivity contribution is -0.167. The van der Waals surface area contributed by atoms with Crippen molar-refractivity contribution < 1.29 is 28.6 Å². The van der Waals surface area contributed by atoms with Gasteiger partial charge in [0.1, 0.15) is 13.2 Å². The van der Waals surface area contributed by atoms with Crippen molar-refractivity contribution in [2.45, 2.75) is 226 Å². The third-order valence-corrected chi connectivity index (χ3v) is 10.5. The van der Waals surface area contributed by atoms with E-state index in [1.807, 2.05) is 0 Å². The SMILES string of the molecule is CC/C=C\C/C=C\C/C=C\C/C=C\C/C=C\CCCC(=O)OCC(COC(=O)CCCCCCCCCCCCCC)OC(=O)CCCCCC/C=C\C/C=C\C/C=C\C/C=C\CC. The summed E-state index contributed by atoms with van der Waals surface area (Å²) in [6.45, 7) is 6.33. The van der Waals surface area contributed by atoms with Gasteiger partial charge in [0.25, 0.3) is 0 Å². The predicted octanol–water partition coefficient (Wildman–Crippen LogP) is 17.1. The van der Waals surface area contributed by atoms with Gasteiger partial charge in [-0.25, -0.2) is 0 Å². The zero-order valence-corrected chi connectivity index (χ0v) is 41.3. The largest absolute Gasteiger partial charge is 0.462 e. The maximum Gasteiger partial charge on any atom is 0.306 e. The van der Waals surface area contributed by atoms with Crippen molar-refractivity contribution in [3.05, 3.63) is 109 Å². The summed E-state index contributed by atoms with van der Waals surface area (Å²) < 4.78 is 16.7. The minimum atomic E-state index is -0.813. The molecule has 0 rings (SSSR count). The van der Waals surface area contributed by atoms with Crippen LogP contribution in [0.15, 0.2) is 109 Å². The Hall–Kier alpha value is -3.93. The molecule has 0 N–H and O–H groups in total. The first-order valence-corrected chi connectivity index (χ1v) is 25.9. The van der Waals surface area contributed by atoms with Gasteiger partial charge >= 0.3 is 17.9 Å². The molecule has 0 amide bonds. The Morgan fingerprint density at radius 3 is 1.02 bits per heavy atom. The van der Waals surface area contributed by atoms with Crippen LogP contribution in [0.25, 0.3) is 0 Å². The second-order valence-corrected chi connectivity index (χ2v) is 16.7. The summed E-state index contributed by atoms with van der Waals surface area (Å²) in [6, 6.07) is 0. The monoisotopic (exact) mass is 887 g/mol. The topological polar surface area (TPSA) is 78.9 Å². The minimum Gasteiger partial charge on any atom is -0.462 e. The highest BCUT2D eigenvalue weighted by molar-refractivity contribution is 5.71. The Bertz CT molecular complexity index is 1340. The van der Waals surface area contributed by atoms with E-state index in [1.165, 1.54) is 57.8 Å². The third kappa shape index (κ3) is 49.1. The molecule has 0 fully saturated rings. The van der Waals surface area contributed by atoms with Crippen molar-refractivity contribution >= 4 is 17.9 Å². The lowest BCUT2D eigenvalue weighted by atomic mass is 10.0. The average molecular weight is 887 g/mol. The molecule has 0 aliphatic carbocycles. The summed E-state index contributed by atoms with van der Waals surface area (Å²) in [5.74, 6) is -0.996. The van der Waals surface area contributed by atoms with E-state index in [4.69, 9.17) is 14.2 Å². The van der Waals surface area contributed by atoms with Gasteiger partial charge in [0, 0.05) is 19.3 Å². The Morgan fingerprint density at radius 1 is 0.328 bits per heavy atom. The van der Waals surface area contributed by atoms with Crippen LogP contribution >= 0.6 is 0 Å². The normalized spacial score (nSPS) is 13.0. The maximum atomic E-state index is 12.8. The van der Waals surface area contributed by atoms with Gasteiger partial charge in [-0.15, -0.1) is 0 Å². The molecular formula is C58H94O6. The molecule has 1 atom stereocenters. The van der Waals surface area contributed by atoms with Gasteiger partial charge in [0.05, 0.1) is 0 Å². The zero-order chi connectivity index (χ0) is 46.5. The van der Waals surface area contributed by atoms with Crippen LogP contribution < -0.4 is 0 Å². The van der Waals surface area contributed by atoms with Crippen molar-refractivity contribution in [1.29, 1.82) is 0 Å². The molecule has 0 radical (unpaired) electrons. The Kier molecular flexibility index (Phi) is 48.5. The number of allylic oxidation sites excluding steroid dienone is 18. The van der Waals surface area contributed by atoms with E-state index in [0.29, 0.717) is 12.8 Å². The van der Waals surface area contributed by atoms with E-state index >= 15 is 0 Å². The minimum absolute atomic E-state index is 0.106. The molecular weight excluding hydrogens is 793 g/mol. The highest BCUT2D eigenvalue weighted by atomic mass is 16.6. The number of hydrogen-bond donors (Lipinski definition) is 0. The molecule has 0 aliphatic rings. The number of rotatable bonds is 45. The van der Waals surface area contributed by atoms with E-state index in [1.54, 1.807) is 0 Å². The van der Waals surface area contributed by atoms with Crippen molar-refractivity contribution in [2.75, 3.05) is 13.2 Å². The highest BCUT2D eigenvalue weighted by Crippen LogP contribution is 2.14. The quantitative estimate of drug-likeness (QED) is 0.0262. The molecule has 0 saturated heterocycles. The Morgan fingerprint density at radius 2 is 0.625 bits per heavy atom. The van der Waals surface area contributed by atoms with Gasteiger partial charge in [-0.2, -0.15) is 0 Å². The summed E-state index contributed by atoms with van der Waals surface area (Å²) in [5.41, 5.74) is 0. The summed E-state index contributed by atoms with van der Waals surface area (Å²) >= 11 is 0. The molecule has 0 aliphatic heterocycles. The van der Waals surface area contributed by atoms with E-state index in [-0.39, 0.29) is 44.0 Å². The van der Waals surface area contributed by atoms with Crippen LogP contribution in [-0.4, -0.2) is 37.2 Å². The van der Waals surface area contributed by atoms with Gasteiger partial charge in [0.15, 0.2) is 6.10 Å². The first kappa shape index (κ1) is 60.1. The molecule has 64 heavy (non-hydrogen) atoms. The smallest absolute Gasteiger partial charge is 0.306 e. The van der Waals surface area contributed by atoms with Crippen LogP contribution in [0, 0.1) is 0 Å². The van der Waals surface area contributed by atoms with E-state index in [9.17, 15) is 14.4 Å². The van der Waals surface area contributed by atoms with Gasteiger partial charge in [-0.05, 0) is 96.3 Å². The standard InChI is InChI=1S/C58H94O6/c1-4-7-10-13-16-19-22-25-27-29-31-33-36-39-42-45-48-51-57(60)63-54-55(53-62-56(59)50-47-44-41-38-35-24-21-18-15-12-9-6-3)64-58(61)52-49-46-43-40-37-34-32-30-28-26-23-20-17-14-11-8-5-2/h7-8,10-11,16-17,19-20,25-28,31-34,39,42,55H,4-6,9,12-15,18,21-24,29-30,35-38,40-41,43-54H2,1-3H3/b10-7-,11-8-,19-16-,20-17-,27-25-,28-26-,33-31-,34-32-,42-39-. The number of ether oxygens (including phenoxy) is 3. The van der Waals surface area contributed by atoms with Gasteiger partial charge in [0.2, 0.25) is 0 Å². The zero-order valence-electron chi connectivity index (χ0n) is 41.3. The fourth-order valence-corrected chi connectivity index (χ4v) is 6.70. The number of carbonyl (C=O) groups is 3. The second-order valence-electron chi connectivity index (χ2n) is 16.7. The molecule has 0 aromatic carbocycles. The molecule has 0 aromatic rings. The fraction of sp³-hybridized carbons (Fsp3) is 0.638. The van der Waals surface area contributed by atoms with Crippen LogP contribution in [-0.2, 0) is 28.6 Å². The predicted molar refractivity (Wildman–Crippen MR) is 274 cm³/mol. The molecule has 0 saturated carbocycles. The van der Waals surface area contributed by atoms with Gasteiger partial charge < -0.3 is 14.2 Å². The highest BCUT2D eigenvalue weighted by Gasteiger charge is 2.19. The maximum absolute atomic E-state index is 12.8. The van der Waals surface area contributed by atoms with E-state index in [0.717, 1.165) is 116 Å². The van der Waals surface area contributed by atoms with Crippen molar-refractivity contribution in [3.8, 4) is 0 Å². The average Bonchev–Trinajstić information content (AvgIpc) is 3.29. The third-order valence-electron chi connectivity index (χ3n) is 10.5. The molecule has 0 aromatic heterocycles. The second kappa shape index (κ2) is 51.7. The summed E-state index contributed by atoms with van der Waals surface area (Å²) in [6.07, 6.45) is 69.3. The lowest BCUT2D eigenvalue weighted by Gasteiger charge is -2.18. The van der Waals surface area contributed by atoms with Crippen LogP contribution in [0.2, 0.25) is 0 Å². The van der Waals surface area contributed by atoms with E-state index in [2.05, 4.69) is 130 Å². The Labute approximate surface area is 393 Å². The summed E-state index contributed by atoms with van der Waals surface area (Å²) in [4.78, 5) is 38.0. The number of unbranched alkanes of at least 4 members (excludes halogenated alkanes) is 16. The van der Waals surface area contributed by atoms with Crippen LogP contribution in [0.1, 0.15) is 220 Å². The first-order chi connectivity index (χ1) is 31.5. The van der Waals surface area contributed by atoms with Crippen molar-refractivity contribution in [2.24, 2.45) is 0 Å². The summed E-state index contributed by atoms with van der Waals surface area (Å²) in [7, 11) is 0. The lowest BCUT2D eigenvalue weighted by Crippen LogP contribution is -2.30. The summed E-state index contributed by atoms with van der Waals surface area (Å²) in [5, 5.41) is 0. The number of esters is 3. The molecule has 362 valence electrons. The van der Waals surface area contributed by atoms with Gasteiger partial charge in [-0.3, -0.25) is 14.4 Å². The van der Waals surface area contributed by atoms with E-state index < -0.39 is 6.10 Å². The molecule has 6 nitrogen and oxygen atoms in total. The van der Waals surface area contributed by atoms with Crippen molar-refractivity contribution in [3.63, 3.8) is 0 Å². The van der Waals surface area contributed by atoms with Gasteiger partial charge in [-0.1, -0.05) is 214 Å². The Balaban J connectivity index is 4.53. The molecule has 1 unspecified atom stereocenters. The fourth-order valence-electron chi connectivity index (χ4n) is 6.70. The molecule has 0 heterocycles. The molecule has 6 heteroatoms. The van der Waals surface area contributed by atoms with Crippen LogP contribution in [0.3, 0.4) is 0 Å². The molecule has 0 spiro atoms. The molecule has 0 bridgehead atoms. The number of hydrogen-bond acceptors (Lipinski definition) is 6.